The molecule has 0 aliphatic rings. The molecule has 0 unspecified atom stereocenters. The smallest absolute Gasteiger partial charge is 0.251 e. The van der Waals surface area contributed by atoms with Crippen molar-refractivity contribution in [3.63, 3.8) is 0 Å². The minimum absolute atomic E-state index is 0.0695. The zero-order valence-corrected chi connectivity index (χ0v) is 16.7. The van der Waals surface area contributed by atoms with Crippen LogP contribution in [0.4, 0.5) is 5.69 Å². The monoisotopic (exact) mass is 398 g/mol. The summed E-state index contributed by atoms with van der Waals surface area (Å²) in [5.74, 6) is 0.386. The van der Waals surface area contributed by atoms with Crippen LogP contribution in [0.2, 0.25) is 0 Å². The molecule has 0 bridgehead atoms. The van der Waals surface area contributed by atoms with Crippen LogP contribution < -0.4 is 10.2 Å². The molecule has 1 heterocycles. The first-order valence-electron chi connectivity index (χ1n) is 9.72. The second-order valence-corrected chi connectivity index (χ2v) is 6.94. The van der Waals surface area contributed by atoms with E-state index in [1.165, 1.54) is 0 Å². The Bertz CT molecular complexity index is 1170. The number of hydrogen-bond donors (Lipinski definition) is 1. The van der Waals surface area contributed by atoms with Crippen LogP contribution in [-0.4, -0.2) is 28.4 Å². The van der Waals surface area contributed by atoms with Gasteiger partial charge in [-0.25, -0.2) is 4.98 Å². The minimum Gasteiger partial charge on any atom is -0.345 e. The van der Waals surface area contributed by atoms with Crippen LogP contribution >= 0.6 is 0 Å². The third-order valence-electron chi connectivity index (χ3n) is 4.99. The minimum atomic E-state index is -0.179. The lowest BCUT2D eigenvalue weighted by molar-refractivity contribution is -0.118. The van der Waals surface area contributed by atoms with Crippen LogP contribution in [0, 0.1) is 0 Å². The Labute approximate surface area is 174 Å². The van der Waals surface area contributed by atoms with E-state index in [4.69, 9.17) is 0 Å². The molecule has 6 heteroatoms. The van der Waals surface area contributed by atoms with Gasteiger partial charge in [-0.05, 0) is 36.4 Å². The molecular formula is C24H22N4O2. The van der Waals surface area contributed by atoms with Crippen LogP contribution in [-0.2, 0) is 17.9 Å². The van der Waals surface area contributed by atoms with Crippen LogP contribution in [0.5, 0.6) is 0 Å². The van der Waals surface area contributed by atoms with E-state index in [0.717, 1.165) is 16.7 Å². The lowest BCUT2D eigenvalue weighted by Gasteiger charge is -2.19. The van der Waals surface area contributed by atoms with Crippen molar-refractivity contribution in [1.29, 1.82) is 0 Å². The summed E-state index contributed by atoms with van der Waals surface area (Å²) >= 11 is 0. The highest BCUT2D eigenvalue weighted by Gasteiger charge is 2.17. The maximum atomic E-state index is 13.0. The maximum absolute atomic E-state index is 13.0. The largest absolute Gasteiger partial charge is 0.345 e. The van der Waals surface area contributed by atoms with E-state index >= 15 is 0 Å². The van der Waals surface area contributed by atoms with Crippen LogP contribution in [0.1, 0.15) is 16.2 Å². The molecule has 0 aliphatic heterocycles. The topological polar surface area (TPSA) is 67.2 Å². The highest BCUT2D eigenvalue weighted by atomic mass is 16.2. The van der Waals surface area contributed by atoms with E-state index in [1.807, 2.05) is 77.4 Å². The first kappa shape index (κ1) is 19.4. The molecule has 0 spiro atoms. The standard InChI is InChI=1S/C24H22N4O2/c1-27(19-12-6-3-7-13-19)23(29)17-28-21-15-9-8-14-20(21)26-22(28)16-25-24(30)18-10-4-2-5-11-18/h2-15H,16-17H2,1H3,(H,25,30). The number of benzene rings is 3. The highest BCUT2D eigenvalue weighted by Crippen LogP contribution is 2.18. The van der Waals surface area contributed by atoms with Crippen molar-refractivity contribution in [2.75, 3.05) is 11.9 Å². The molecule has 30 heavy (non-hydrogen) atoms. The number of imidazole rings is 1. The fraction of sp³-hybridized carbons (Fsp3) is 0.125. The summed E-state index contributed by atoms with van der Waals surface area (Å²) in [5, 5.41) is 2.90. The number of rotatable bonds is 6. The molecule has 1 aromatic heterocycles. The van der Waals surface area contributed by atoms with Gasteiger partial charge in [-0.1, -0.05) is 48.5 Å². The van der Waals surface area contributed by atoms with Gasteiger partial charge in [0.15, 0.2) is 0 Å². The third-order valence-corrected chi connectivity index (χ3v) is 4.99. The Hall–Kier alpha value is -3.93. The predicted molar refractivity (Wildman–Crippen MR) is 117 cm³/mol. The second kappa shape index (κ2) is 8.61. The molecule has 6 nitrogen and oxygen atoms in total. The molecule has 0 aliphatic carbocycles. The third kappa shape index (κ3) is 4.07. The lowest BCUT2D eigenvalue weighted by atomic mass is 10.2. The molecule has 0 fully saturated rings. The summed E-state index contributed by atoms with van der Waals surface area (Å²) in [7, 11) is 1.76. The van der Waals surface area contributed by atoms with E-state index < -0.39 is 0 Å². The van der Waals surface area contributed by atoms with Crippen LogP contribution in [0.3, 0.4) is 0 Å². The van der Waals surface area contributed by atoms with Gasteiger partial charge in [0.25, 0.3) is 5.91 Å². The molecule has 4 aromatic rings. The van der Waals surface area contributed by atoms with E-state index in [9.17, 15) is 9.59 Å². The highest BCUT2D eigenvalue weighted by molar-refractivity contribution is 5.94. The summed E-state index contributed by atoms with van der Waals surface area (Å²) in [6.07, 6.45) is 0. The summed E-state index contributed by atoms with van der Waals surface area (Å²) in [6.45, 7) is 0.354. The van der Waals surface area contributed by atoms with E-state index in [2.05, 4.69) is 10.3 Å². The number of amides is 2. The van der Waals surface area contributed by atoms with Crippen molar-refractivity contribution >= 4 is 28.5 Å². The Balaban J connectivity index is 1.57. The number of fused-ring (bicyclic) bond motifs is 1. The Morgan fingerprint density at radius 2 is 1.53 bits per heavy atom. The van der Waals surface area contributed by atoms with Gasteiger partial charge in [0, 0.05) is 18.3 Å². The molecule has 3 aromatic carbocycles. The first-order valence-corrected chi connectivity index (χ1v) is 9.72. The molecule has 0 saturated heterocycles. The average molecular weight is 398 g/mol. The zero-order chi connectivity index (χ0) is 20.9. The summed E-state index contributed by atoms with van der Waals surface area (Å²) in [5.41, 5.74) is 3.05. The van der Waals surface area contributed by atoms with Crippen molar-refractivity contribution in [1.82, 2.24) is 14.9 Å². The van der Waals surface area contributed by atoms with Crippen LogP contribution in [0.25, 0.3) is 11.0 Å². The number of para-hydroxylation sites is 3. The lowest BCUT2D eigenvalue weighted by Crippen LogP contribution is -2.31. The summed E-state index contributed by atoms with van der Waals surface area (Å²) in [4.78, 5) is 31.7. The van der Waals surface area contributed by atoms with Crippen molar-refractivity contribution in [3.8, 4) is 0 Å². The molecule has 150 valence electrons. The van der Waals surface area contributed by atoms with Crippen molar-refractivity contribution in [3.05, 3.63) is 96.3 Å². The van der Waals surface area contributed by atoms with Gasteiger partial charge in [0.1, 0.15) is 12.4 Å². The van der Waals surface area contributed by atoms with Gasteiger partial charge in [-0.2, -0.15) is 0 Å². The Morgan fingerprint density at radius 1 is 0.900 bits per heavy atom. The van der Waals surface area contributed by atoms with E-state index in [-0.39, 0.29) is 24.9 Å². The van der Waals surface area contributed by atoms with Gasteiger partial charge in [-0.3, -0.25) is 9.59 Å². The van der Waals surface area contributed by atoms with Gasteiger partial charge < -0.3 is 14.8 Å². The molecule has 2 amide bonds. The van der Waals surface area contributed by atoms with Gasteiger partial charge in [-0.15, -0.1) is 0 Å². The summed E-state index contributed by atoms with van der Waals surface area (Å²) in [6, 6.07) is 26.2. The first-order chi connectivity index (χ1) is 14.6. The van der Waals surface area contributed by atoms with E-state index in [0.29, 0.717) is 11.4 Å². The van der Waals surface area contributed by atoms with Crippen molar-refractivity contribution in [2.45, 2.75) is 13.1 Å². The SMILES string of the molecule is CN(C(=O)Cn1c(CNC(=O)c2ccccc2)nc2ccccc21)c1ccccc1. The number of nitrogens with zero attached hydrogens (tertiary/aromatic N) is 3. The molecule has 1 N–H and O–H groups in total. The molecule has 0 radical (unpaired) electrons. The Morgan fingerprint density at radius 3 is 2.27 bits per heavy atom. The van der Waals surface area contributed by atoms with Crippen LogP contribution in [0.15, 0.2) is 84.9 Å². The fourth-order valence-corrected chi connectivity index (χ4v) is 3.32. The number of anilines is 1. The van der Waals surface area contributed by atoms with Crippen molar-refractivity contribution in [2.24, 2.45) is 0 Å². The quantitative estimate of drug-likeness (QED) is 0.539. The molecular weight excluding hydrogens is 376 g/mol. The average Bonchev–Trinajstić information content (AvgIpc) is 3.15. The normalized spacial score (nSPS) is 10.7. The number of likely N-dealkylation sites (N-methyl/N-ethyl adjacent to an activating group) is 1. The number of carbonyl (C=O) groups is 2. The Kier molecular flexibility index (Phi) is 5.57. The van der Waals surface area contributed by atoms with Crippen molar-refractivity contribution < 1.29 is 9.59 Å². The van der Waals surface area contributed by atoms with Gasteiger partial charge >= 0.3 is 0 Å². The second-order valence-electron chi connectivity index (χ2n) is 6.94. The van der Waals surface area contributed by atoms with Gasteiger partial charge in [0.05, 0.1) is 17.6 Å². The number of nitrogens with one attached hydrogen (secondary N) is 1. The predicted octanol–water partition coefficient (Wildman–Crippen LogP) is 3.63. The number of hydrogen-bond acceptors (Lipinski definition) is 3. The van der Waals surface area contributed by atoms with E-state index in [1.54, 1.807) is 24.1 Å². The molecule has 0 saturated carbocycles. The van der Waals surface area contributed by atoms with Gasteiger partial charge in [0.2, 0.25) is 5.91 Å². The summed E-state index contributed by atoms with van der Waals surface area (Å²) < 4.78 is 1.86. The number of carbonyl (C=O) groups excluding carboxylic acids is 2. The maximum Gasteiger partial charge on any atom is 0.251 e. The number of aromatic nitrogens is 2. The molecule has 0 atom stereocenters. The zero-order valence-electron chi connectivity index (χ0n) is 16.7. The molecule has 4 rings (SSSR count). The fourth-order valence-electron chi connectivity index (χ4n) is 3.32.